The van der Waals surface area contributed by atoms with Crippen LogP contribution >= 0.6 is 100.0 Å². The fraction of sp³-hybridized carbons (Fsp3) is 1.00. The third-order valence-corrected chi connectivity index (χ3v) is 9.41. The zero-order valence-electron chi connectivity index (χ0n) is 14.1. The molecule has 0 aliphatic carbocycles. The Morgan fingerprint density at radius 2 is 0.742 bits per heavy atom. The van der Waals surface area contributed by atoms with Gasteiger partial charge in [0, 0.05) is 0 Å². The van der Waals surface area contributed by atoms with Crippen molar-refractivity contribution in [2.24, 2.45) is 0 Å². The topological polar surface area (TPSA) is 266 Å². The predicted molar refractivity (Wildman–Crippen MR) is 102 cm³/mol. The van der Waals surface area contributed by atoms with E-state index >= 15 is 0 Å². The van der Waals surface area contributed by atoms with Crippen molar-refractivity contribution in [3.05, 3.63) is 0 Å². The smallest absolute Gasteiger partial charge is 0.809 e. The third-order valence-electron chi connectivity index (χ3n) is 1.59. The molecule has 0 aliphatic rings. The third kappa shape index (κ3) is 23.6. The molecule has 0 spiro atoms. The molecule has 0 rings (SSSR count). The maximum atomic E-state index is 10.7. The molecule has 4 unspecified atom stereocenters. The summed E-state index contributed by atoms with van der Waals surface area (Å²) in [5.74, 6) is 0. The molecule has 0 saturated heterocycles. The van der Waals surface area contributed by atoms with E-state index in [2.05, 4.69) is 9.05 Å². The van der Waals surface area contributed by atoms with Gasteiger partial charge in [0.25, 0.3) is 0 Å². The average Bonchev–Trinajstić information content (AvgIpc) is 2.29. The van der Waals surface area contributed by atoms with Gasteiger partial charge < -0.3 is 57.8 Å². The second kappa shape index (κ2) is 17.7. The van der Waals surface area contributed by atoms with Crippen LogP contribution in [0.2, 0.25) is 0 Å². The van der Waals surface area contributed by atoms with Crippen LogP contribution in [0, 0.1) is 0 Å². The SMILES string of the molecule is O=P([O-])([O-])C(O)P(=O)([O-])OC(Cl)(Cl)Cl.O=P([O-])([O-])C(O)P(=O)([O-])OC(Cl)(Cl)Cl.[Ca+2].[Ca+2].[Ca+2]. The Kier molecular flexibility index (Phi) is 26.7. The van der Waals surface area contributed by atoms with Gasteiger partial charge in [0.1, 0.15) is 11.2 Å². The molecule has 31 heavy (non-hydrogen) atoms. The molecule has 2 N–H and O–H groups in total. The Hall–Kier alpha value is 6.04. The van der Waals surface area contributed by atoms with Crippen molar-refractivity contribution in [1.82, 2.24) is 0 Å². The van der Waals surface area contributed by atoms with Crippen LogP contribution in [-0.2, 0) is 27.3 Å². The van der Waals surface area contributed by atoms with Gasteiger partial charge in [0.2, 0.25) is 0 Å². The van der Waals surface area contributed by atoms with Gasteiger partial charge in [-0.05, 0) is 15.2 Å². The van der Waals surface area contributed by atoms with Crippen LogP contribution in [0.4, 0.5) is 0 Å². The van der Waals surface area contributed by atoms with E-state index in [1.54, 1.807) is 0 Å². The van der Waals surface area contributed by atoms with E-state index in [9.17, 15) is 47.6 Å². The van der Waals surface area contributed by atoms with Crippen LogP contribution in [0.1, 0.15) is 0 Å². The van der Waals surface area contributed by atoms with E-state index in [-0.39, 0.29) is 113 Å². The molecular weight excluding hydrogens is 729 g/mol. The van der Waals surface area contributed by atoms with Crippen molar-refractivity contribution in [2.75, 3.05) is 0 Å². The van der Waals surface area contributed by atoms with Crippen LogP contribution in [0.25, 0.3) is 0 Å². The first kappa shape index (κ1) is 46.9. The summed E-state index contributed by atoms with van der Waals surface area (Å²) in [6.45, 7) is 0. The van der Waals surface area contributed by atoms with E-state index in [1.165, 1.54) is 0 Å². The Bertz CT molecular complexity index is 658. The summed E-state index contributed by atoms with van der Waals surface area (Å²) >= 11 is 29.1. The first-order chi connectivity index (χ1) is 11.7. The number of halogens is 6. The number of aliphatic hydroxyl groups excluding tert-OH is 2. The second-order valence-corrected chi connectivity index (χ2v) is 15.7. The molecule has 14 nitrogen and oxygen atoms in total. The zero-order chi connectivity index (χ0) is 23.6. The molecular formula is C4H4Ca3Cl6O14P4. The van der Waals surface area contributed by atoms with Crippen LogP contribution in [-0.4, -0.2) is 143 Å². The van der Waals surface area contributed by atoms with Crippen molar-refractivity contribution in [3.8, 4) is 0 Å². The summed E-state index contributed by atoms with van der Waals surface area (Å²) in [6.07, 6.45) is 0. The fourth-order valence-corrected chi connectivity index (χ4v) is 6.28. The van der Waals surface area contributed by atoms with E-state index in [0.717, 1.165) is 0 Å². The van der Waals surface area contributed by atoms with Crippen LogP contribution in [0.15, 0.2) is 0 Å². The summed E-state index contributed by atoms with van der Waals surface area (Å²) in [7, 11) is -22.6. The number of hydrogen-bond acceptors (Lipinski definition) is 14. The second-order valence-electron chi connectivity index (χ2n) is 3.93. The summed E-state index contributed by atoms with van der Waals surface area (Å²) < 4.78 is 43.3. The molecule has 27 heteroatoms. The largest absolute Gasteiger partial charge is 2.00 e. The Morgan fingerprint density at radius 3 is 0.839 bits per heavy atom. The molecule has 0 aromatic heterocycles. The molecule has 0 saturated carbocycles. The number of aliphatic hydroxyl groups is 2. The molecule has 0 aliphatic heterocycles. The van der Waals surface area contributed by atoms with Gasteiger partial charge >= 0.3 is 121 Å². The molecule has 0 heterocycles. The summed E-state index contributed by atoms with van der Waals surface area (Å²) in [6, 6.07) is 0. The molecule has 0 radical (unpaired) electrons. The minimum absolute atomic E-state index is 0. The van der Waals surface area contributed by atoms with Crippen LogP contribution in [0.3, 0.4) is 0 Å². The van der Waals surface area contributed by atoms with Crippen LogP contribution < -0.4 is 29.4 Å². The summed E-state index contributed by atoms with van der Waals surface area (Å²) in [5, 5.41) is 17.0. The van der Waals surface area contributed by atoms with E-state index < -0.39 is 49.5 Å². The van der Waals surface area contributed by atoms with Crippen LogP contribution in [0.5, 0.6) is 0 Å². The van der Waals surface area contributed by atoms with Gasteiger partial charge in [0.05, 0.1) is 0 Å². The first-order valence-corrected chi connectivity index (χ1v) is 14.0. The Balaban J connectivity index is -0.000000133. The standard InChI is InChI=1S/2C2H5Cl3O7P2.3Ca/c2*3-2(4,5)12-14(10,11)1(6)13(7,8)9;;;/h2*1,6H,(H,10,11)(H2,7,8,9);;;/q;;3*+2/p-6. The Labute approximate surface area is 293 Å². The van der Waals surface area contributed by atoms with Crippen molar-refractivity contribution in [3.63, 3.8) is 0 Å². The molecule has 4 atom stereocenters. The minimum atomic E-state index is -5.79. The van der Waals surface area contributed by atoms with E-state index in [4.69, 9.17) is 79.8 Å². The molecule has 0 aromatic carbocycles. The van der Waals surface area contributed by atoms with Gasteiger partial charge in [-0.15, -0.1) is 0 Å². The average molecular weight is 733 g/mol. The van der Waals surface area contributed by atoms with Crippen molar-refractivity contribution in [2.45, 2.75) is 19.1 Å². The van der Waals surface area contributed by atoms with Crippen molar-refractivity contribution >= 4 is 213 Å². The van der Waals surface area contributed by atoms with E-state index in [0.29, 0.717) is 0 Å². The maximum Gasteiger partial charge on any atom is 2.00 e. The summed E-state index contributed by atoms with van der Waals surface area (Å²) in [5.41, 5.74) is -6.57. The number of hydrogen-bond donors (Lipinski definition) is 2. The van der Waals surface area contributed by atoms with Gasteiger partial charge in [0.15, 0.2) is 15.2 Å². The van der Waals surface area contributed by atoms with Gasteiger partial charge in [-0.2, -0.15) is 0 Å². The predicted octanol–water partition coefficient (Wildman–Crippen LogP) is -3.00. The first-order valence-electron chi connectivity index (χ1n) is 5.28. The molecule has 172 valence electrons. The minimum Gasteiger partial charge on any atom is -0.809 e. The number of alkyl halides is 6. The molecule has 0 bridgehead atoms. The van der Waals surface area contributed by atoms with E-state index in [1.807, 2.05) is 0 Å². The monoisotopic (exact) mass is 730 g/mol. The maximum absolute atomic E-state index is 10.7. The molecule has 0 amide bonds. The van der Waals surface area contributed by atoms with Crippen molar-refractivity contribution < 1.29 is 66.9 Å². The number of rotatable bonds is 6. The van der Waals surface area contributed by atoms with Gasteiger partial charge in [-0.3, -0.25) is 9.05 Å². The fourth-order valence-electron chi connectivity index (χ4n) is 0.729. The molecule has 0 fully saturated rings. The normalized spacial score (nSPS) is 18.3. The van der Waals surface area contributed by atoms with Gasteiger partial charge in [-0.1, -0.05) is 69.6 Å². The molecule has 0 aromatic rings. The van der Waals surface area contributed by atoms with Crippen molar-refractivity contribution in [1.29, 1.82) is 0 Å². The zero-order valence-corrected chi connectivity index (χ0v) is 28.9. The van der Waals surface area contributed by atoms with Gasteiger partial charge in [-0.25, -0.2) is 0 Å². The summed E-state index contributed by atoms with van der Waals surface area (Å²) in [4.78, 5) is 61.9. The Morgan fingerprint density at radius 1 is 0.581 bits per heavy atom. The quantitative estimate of drug-likeness (QED) is 0.157.